The maximum absolute atomic E-state index is 4.60. The average molecular weight is 358 g/mol. The Morgan fingerprint density at radius 1 is 1.33 bits per heavy atom. The molecule has 2 atom stereocenters. The second-order valence-electron chi connectivity index (χ2n) is 7.46. The zero-order valence-corrected chi connectivity index (χ0v) is 16.3. The third-order valence-corrected chi connectivity index (χ3v) is 4.98. The quantitative estimate of drug-likeness (QED) is 0.774. The third kappa shape index (κ3) is 5.74. The minimum Gasteiger partial charge on any atom is -0.317 e. The SMILES string of the molecule is CCn1nc(C)c(Br)c1CC(CC(C)CC(C)(C)C)NC. The van der Waals surface area contributed by atoms with E-state index in [4.69, 9.17) is 0 Å². The zero-order valence-electron chi connectivity index (χ0n) is 14.8. The highest BCUT2D eigenvalue weighted by Gasteiger charge is 2.21. The van der Waals surface area contributed by atoms with Gasteiger partial charge in [0.05, 0.1) is 15.9 Å². The van der Waals surface area contributed by atoms with E-state index in [0.29, 0.717) is 11.5 Å². The molecular formula is C17H32BrN3. The number of aryl methyl sites for hydroxylation is 2. The third-order valence-electron chi connectivity index (χ3n) is 3.95. The number of hydrogen-bond acceptors (Lipinski definition) is 2. The number of hydrogen-bond donors (Lipinski definition) is 1. The van der Waals surface area contributed by atoms with Crippen molar-refractivity contribution in [2.45, 2.75) is 73.4 Å². The predicted molar refractivity (Wildman–Crippen MR) is 94.7 cm³/mol. The summed E-state index contributed by atoms with van der Waals surface area (Å²) in [5.74, 6) is 0.723. The summed E-state index contributed by atoms with van der Waals surface area (Å²) in [6.45, 7) is 14.5. The second kappa shape index (κ2) is 7.77. The number of nitrogens with one attached hydrogen (secondary N) is 1. The summed E-state index contributed by atoms with van der Waals surface area (Å²) >= 11 is 3.70. The monoisotopic (exact) mass is 357 g/mol. The highest BCUT2D eigenvalue weighted by molar-refractivity contribution is 9.10. The van der Waals surface area contributed by atoms with E-state index < -0.39 is 0 Å². The van der Waals surface area contributed by atoms with Gasteiger partial charge in [-0.15, -0.1) is 0 Å². The zero-order chi connectivity index (χ0) is 16.2. The van der Waals surface area contributed by atoms with Gasteiger partial charge in [0.2, 0.25) is 0 Å². The maximum atomic E-state index is 4.60. The lowest BCUT2D eigenvalue weighted by Gasteiger charge is -2.27. The molecule has 1 aromatic heterocycles. The molecule has 0 saturated carbocycles. The summed E-state index contributed by atoms with van der Waals surface area (Å²) in [6, 6.07) is 0.500. The molecule has 3 nitrogen and oxygen atoms in total. The number of rotatable bonds is 7. The Morgan fingerprint density at radius 3 is 2.43 bits per heavy atom. The Labute approximate surface area is 139 Å². The van der Waals surface area contributed by atoms with Gasteiger partial charge in [-0.25, -0.2) is 0 Å². The molecule has 1 N–H and O–H groups in total. The van der Waals surface area contributed by atoms with Crippen molar-refractivity contribution < 1.29 is 0 Å². The molecule has 0 bridgehead atoms. The fraction of sp³-hybridized carbons (Fsp3) is 0.824. The van der Waals surface area contributed by atoms with Crippen molar-refractivity contribution in [3.8, 4) is 0 Å². The van der Waals surface area contributed by atoms with Crippen LogP contribution in [0.15, 0.2) is 4.47 Å². The van der Waals surface area contributed by atoms with Crippen LogP contribution >= 0.6 is 15.9 Å². The van der Waals surface area contributed by atoms with E-state index in [1.807, 2.05) is 0 Å². The van der Waals surface area contributed by atoms with Crippen molar-refractivity contribution in [2.75, 3.05) is 7.05 Å². The van der Waals surface area contributed by atoms with Crippen LogP contribution in [0.2, 0.25) is 0 Å². The molecule has 0 spiro atoms. The van der Waals surface area contributed by atoms with E-state index in [2.05, 4.69) is 79.6 Å². The van der Waals surface area contributed by atoms with Gasteiger partial charge in [-0.1, -0.05) is 27.7 Å². The molecule has 1 rings (SSSR count). The van der Waals surface area contributed by atoms with Crippen LogP contribution < -0.4 is 5.32 Å². The van der Waals surface area contributed by atoms with Crippen LogP contribution in [0, 0.1) is 18.3 Å². The smallest absolute Gasteiger partial charge is 0.0738 e. The molecule has 21 heavy (non-hydrogen) atoms. The van der Waals surface area contributed by atoms with E-state index in [-0.39, 0.29) is 0 Å². The van der Waals surface area contributed by atoms with Gasteiger partial charge < -0.3 is 5.32 Å². The molecule has 1 aromatic rings. The number of nitrogens with zero attached hydrogens (tertiary/aromatic N) is 2. The Hall–Kier alpha value is -0.350. The molecule has 0 aliphatic heterocycles. The molecule has 122 valence electrons. The molecule has 4 heteroatoms. The summed E-state index contributed by atoms with van der Waals surface area (Å²) in [5.41, 5.74) is 2.81. The fourth-order valence-electron chi connectivity index (χ4n) is 3.22. The molecule has 0 radical (unpaired) electrons. The maximum Gasteiger partial charge on any atom is 0.0738 e. The Bertz CT molecular complexity index is 446. The van der Waals surface area contributed by atoms with Crippen LogP contribution in [0.4, 0.5) is 0 Å². The van der Waals surface area contributed by atoms with Gasteiger partial charge in [-0.3, -0.25) is 4.68 Å². The summed E-state index contributed by atoms with van der Waals surface area (Å²) in [7, 11) is 2.07. The lowest BCUT2D eigenvalue weighted by atomic mass is 9.82. The number of aromatic nitrogens is 2. The van der Waals surface area contributed by atoms with Gasteiger partial charge in [0.1, 0.15) is 0 Å². The van der Waals surface area contributed by atoms with Crippen LogP contribution in [0.5, 0.6) is 0 Å². The van der Waals surface area contributed by atoms with E-state index in [1.54, 1.807) is 0 Å². The van der Waals surface area contributed by atoms with Crippen molar-refractivity contribution in [1.29, 1.82) is 0 Å². The van der Waals surface area contributed by atoms with Crippen molar-refractivity contribution in [2.24, 2.45) is 11.3 Å². The molecule has 0 fully saturated rings. The van der Waals surface area contributed by atoms with E-state index in [9.17, 15) is 0 Å². The molecule has 1 heterocycles. The van der Waals surface area contributed by atoms with Crippen molar-refractivity contribution >= 4 is 15.9 Å². The lowest BCUT2D eigenvalue weighted by molar-refractivity contribution is 0.276. The molecule has 0 amide bonds. The number of likely N-dealkylation sites (N-methyl/N-ethyl adjacent to an activating group) is 1. The van der Waals surface area contributed by atoms with Crippen LogP contribution in [0.1, 0.15) is 58.8 Å². The highest BCUT2D eigenvalue weighted by atomic mass is 79.9. The van der Waals surface area contributed by atoms with Crippen molar-refractivity contribution in [1.82, 2.24) is 15.1 Å². The summed E-state index contributed by atoms with van der Waals surface area (Å²) in [4.78, 5) is 0. The van der Waals surface area contributed by atoms with Crippen molar-refractivity contribution in [3.05, 3.63) is 15.9 Å². The van der Waals surface area contributed by atoms with E-state index in [0.717, 1.165) is 24.6 Å². The molecule has 0 aliphatic rings. The Morgan fingerprint density at radius 2 is 1.95 bits per heavy atom. The van der Waals surface area contributed by atoms with Gasteiger partial charge in [-0.05, 0) is 61.0 Å². The van der Waals surface area contributed by atoms with Gasteiger partial charge in [0.25, 0.3) is 0 Å². The minimum atomic E-state index is 0.403. The molecule has 2 unspecified atom stereocenters. The first kappa shape index (κ1) is 18.7. The summed E-state index contributed by atoms with van der Waals surface area (Å²) in [5, 5.41) is 8.09. The summed E-state index contributed by atoms with van der Waals surface area (Å²) in [6.07, 6.45) is 3.49. The minimum absolute atomic E-state index is 0.403. The molecule has 0 aliphatic carbocycles. The highest BCUT2D eigenvalue weighted by Crippen LogP contribution is 2.28. The summed E-state index contributed by atoms with van der Waals surface area (Å²) < 4.78 is 3.30. The second-order valence-corrected chi connectivity index (χ2v) is 8.25. The normalized spacial score (nSPS) is 15.2. The fourth-order valence-corrected chi connectivity index (χ4v) is 3.66. The first-order chi connectivity index (χ1) is 9.67. The lowest BCUT2D eigenvalue weighted by Crippen LogP contribution is -2.31. The Balaban J connectivity index is 2.74. The molecule has 0 aromatic carbocycles. The largest absolute Gasteiger partial charge is 0.317 e. The van der Waals surface area contributed by atoms with Crippen LogP contribution in [-0.2, 0) is 13.0 Å². The topological polar surface area (TPSA) is 29.9 Å². The number of halogens is 1. The predicted octanol–water partition coefficient (Wildman–Crippen LogP) is 4.57. The van der Waals surface area contributed by atoms with E-state index >= 15 is 0 Å². The molecule has 0 saturated heterocycles. The van der Waals surface area contributed by atoms with Crippen LogP contribution in [0.25, 0.3) is 0 Å². The van der Waals surface area contributed by atoms with Crippen molar-refractivity contribution in [3.63, 3.8) is 0 Å². The van der Waals surface area contributed by atoms with Gasteiger partial charge in [0.15, 0.2) is 0 Å². The molecular weight excluding hydrogens is 326 g/mol. The van der Waals surface area contributed by atoms with Crippen LogP contribution in [0.3, 0.4) is 0 Å². The first-order valence-electron chi connectivity index (χ1n) is 8.07. The van der Waals surface area contributed by atoms with Gasteiger partial charge >= 0.3 is 0 Å². The van der Waals surface area contributed by atoms with Gasteiger partial charge in [0, 0.05) is 19.0 Å². The Kier molecular flexibility index (Phi) is 6.92. The first-order valence-corrected chi connectivity index (χ1v) is 8.86. The standard InChI is InChI=1S/C17H32BrN3/c1-8-21-15(16(18)13(3)20-21)10-14(19-7)9-12(2)11-17(4,5)6/h12,14,19H,8-11H2,1-7H3. The van der Waals surface area contributed by atoms with E-state index in [1.165, 1.54) is 23.0 Å². The van der Waals surface area contributed by atoms with Crippen LogP contribution in [-0.4, -0.2) is 22.9 Å². The average Bonchev–Trinajstić information content (AvgIpc) is 2.63. The van der Waals surface area contributed by atoms with Gasteiger partial charge in [-0.2, -0.15) is 5.10 Å².